The normalized spacial score (nSPS) is 21.9. The minimum atomic E-state index is -2.20. The summed E-state index contributed by atoms with van der Waals surface area (Å²) in [5.41, 5.74) is 0. The summed E-state index contributed by atoms with van der Waals surface area (Å²) in [5, 5.41) is 1.52. The molecule has 1 aliphatic rings. The zero-order valence-corrected chi connectivity index (χ0v) is 11.1. The van der Waals surface area contributed by atoms with Gasteiger partial charge in [0, 0.05) is 19.6 Å². The number of piperidine rings is 1. The van der Waals surface area contributed by atoms with Crippen molar-refractivity contribution in [2.45, 2.75) is 32.7 Å². The van der Waals surface area contributed by atoms with Crippen LogP contribution in [0.4, 0.5) is 0 Å². The minimum Gasteiger partial charge on any atom is -0.303 e. The first kappa shape index (κ1) is 14.1. The van der Waals surface area contributed by atoms with Crippen molar-refractivity contribution in [2.75, 3.05) is 26.7 Å². The second-order valence-corrected chi connectivity index (χ2v) is 5.35. The van der Waals surface area contributed by atoms with E-state index in [1.165, 1.54) is 5.06 Å². The molecule has 0 amide bonds. The van der Waals surface area contributed by atoms with Crippen LogP contribution in [0.15, 0.2) is 0 Å². The maximum Gasteiger partial charge on any atom is 0.319 e. The molecule has 0 aromatic heterocycles. The van der Waals surface area contributed by atoms with Crippen LogP contribution in [0, 0.1) is 5.92 Å². The van der Waals surface area contributed by atoms with Crippen molar-refractivity contribution in [1.82, 2.24) is 9.96 Å². The summed E-state index contributed by atoms with van der Waals surface area (Å²) in [6.07, 6.45) is 1.97. The van der Waals surface area contributed by atoms with Gasteiger partial charge in [-0.15, -0.1) is 0 Å². The topological polar surface area (TPSA) is 53.0 Å². The summed E-state index contributed by atoms with van der Waals surface area (Å²) in [6.45, 7) is 7.64. The Morgan fingerprint density at radius 1 is 1.50 bits per heavy atom. The van der Waals surface area contributed by atoms with Crippen LogP contribution in [-0.4, -0.2) is 51.4 Å². The van der Waals surface area contributed by atoms with Gasteiger partial charge in [0.2, 0.25) is 0 Å². The standard InChI is InChI=1S/C10H22N2O3S/c1-9(2)8-12-6-4-10(5-7-12)11(3)15-16(13)14/h9-10H,4-8H2,1-3H3,(H,13,14). The van der Waals surface area contributed by atoms with Crippen LogP contribution < -0.4 is 0 Å². The lowest BCUT2D eigenvalue weighted by Crippen LogP contribution is -2.44. The Labute approximate surface area is 100 Å². The predicted octanol–water partition coefficient (Wildman–Crippen LogP) is 1.11. The Kier molecular flexibility index (Phi) is 5.85. The largest absolute Gasteiger partial charge is 0.319 e. The number of hydrogen-bond donors (Lipinski definition) is 1. The summed E-state index contributed by atoms with van der Waals surface area (Å²) in [4.78, 5) is 2.44. The van der Waals surface area contributed by atoms with E-state index >= 15 is 0 Å². The third-order valence-electron chi connectivity index (χ3n) is 2.88. The van der Waals surface area contributed by atoms with Crippen LogP contribution >= 0.6 is 0 Å². The van der Waals surface area contributed by atoms with Crippen molar-refractivity contribution in [3.8, 4) is 0 Å². The van der Waals surface area contributed by atoms with Crippen molar-refractivity contribution in [3.05, 3.63) is 0 Å². The molecule has 1 saturated heterocycles. The van der Waals surface area contributed by atoms with Crippen LogP contribution in [-0.2, 0) is 15.6 Å². The van der Waals surface area contributed by atoms with E-state index in [9.17, 15) is 4.21 Å². The SMILES string of the molecule is CC(C)CN1CCC(N(C)OS(=O)O)CC1. The van der Waals surface area contributed by atoms with E-state index in [4.69, 9.17) is 8.84 Å². The van der Waals surface area contributed by atoms with Crippen molar-refractivity contribution < 1.29 is 13.0 Å². The molecule has 1 heterocycles. The Morgan fingerprint density at radius 3 is 2.50 bits per heavy atom. The molecule has 1 N–H and O–H groups in total. The Hall–Kier alpha value is -0.0100. The molecule has 0 radical (unpaired) electrons. The van der Waals surface area contributed by atoms with Gasteiger partial charge in [0.25, 0.3) is 0 Å². The highest BCUT2D eigenvalue weighted by Gasteiger charge is 2.24. The lowest BCUT2D eigenvalue weighted by atomic mass is 10.0. The molecule has 1 unspecified atom stereocenters. The molecular formula is C10H22N2O3S. The molecule has 1 rings (SSSR count). The molecule has 0 aromatic rings. The zero-order valence-electron chi connectivity index (χ0n) is 10.3. The fraction of sp³-hybridized carbons (Fsp3) is 1.00. The first-order valence-electron chi connectivity index (χ1n) is 5.73. The van der Waals surface area contributed by atoms with Gasteiger partial charge >= 0.3 is 11.4 Å². The van der Waals surface area contributed by atoms with E-state index in [2.05, 4.69) is 18.7 Å². The molecule has 0 aliphatic carbocycles. The summed E-state index contributed by atoms with van der Waals surface area (Å²) in [5.74, 6) is 0.690. The summed E-state index contributed by atoms with van der Waals surface area (Å²) in [6, 6.07) is 0.250. The zero-order chi connectivity index (χ0) is 12.1. The van der Waals surface area contributed by atoms with Gasteiger partial charge in [-0.25, -0.2) is 0 Å². The van der Waals surface area contributed by atoms with Gasteiger partial charge < -0.3 is 4.90 Å². The molecular weight excluding hydrogens is 228 g/mol. The summed E-state index contributed by atoms with van der Waals surface area (Å²) >= 11 is -2.20. The van der Waals surface area contributed by atoms with E-state index in [0.717, 1.165) is 32.5 Å². The average molecular weight is 250 g/mol. The molecule has 1 fully saturated rings. The van der Waals surface area contributed by atoms with E-state index in [1.807, 2.05) is 0 Å². The van der Waals surface area contributed by atoms with Crippen LogP contribution in [0.5, 0.6) is 0 Å². The van der Waals surface area contributed by atoms with Gasteiger partial charge in [0.15, 0.2) is 0 Å². The quantitative estimate of drug-likeness (QED) is 0.585. The first-order valence-corrected chi connectivity index (χ1v) is 6.76. The van der Waals surface area contributed by atoms with E-state index in [-0.39, 0.29) is 6.04 Å². The minimum absolute atomic E-state index is 0.250. The number of likely N-dealkylation sites (tertiary alicyclic amines) is 1. The van der Waals surface area contributed by atoms with E-state index in [0.29, 0.717) is 5.92 Å². The van der Waals surface area contributed by atoms with E-state index in [1.54, 1.807) is 7.05 Å². The smallest absolute Gasteiger partial charge is 0.303 e. The molecule has 16 heavy (non-hydrogen) atoms. The third-order valence-corrected chi connectivity index (χ3v) is 3.24. The van der Waals surface area contributed by atoms with Crippen LogP contribution in [0.2, 0.25) is 0 Å². The van der Waals surface area contributed by atoms with Crippen LogP contribution in [0.3, 0.4) is 0 Å². The van der Waals surface area contributed by atoms with Gasteiger partial charge in [-0.05, 0) is 31.8 Å². The molecule has 0 bridgehead atoms. The highest BCUT2D eigenvalue weighted by molar-refractivity contribution is 7.74. The maximum atomic E-state index is 10.5. The summed E-state index contributed by atoms with van der Waals surface area (Å²) < 4.78 is 23.9. The molecule has 1 aliphatic heterocycles. The predicted molar refractivity (Wildman–Crippen MR) is 63.9 cm³/mol. The molecule has 0 aromatic carbocycles. The van der Waals surface area contributed by atoms with Gasteiger partial charge in [-0.3, -0.25) is 4.55 Å². The Morgan fingerprint density at radius 2 is 2.06 bits per heavy atom. The summed E-state index contributed by atoms with van der Waals surface area (Å²) in [7, 11) is 1.72. The van der Waals surface area contributed by atoms with Crippen molar-refractivity contribution in [2.24, 2.45) is 5.92 Å². The highest BCUT2D eigenvalue weighted by atomic mass is 32.2. The number of hydrogen-bond acceptors (Lipinski definition) is 4. The number of rotatable bonds is 5. The first-order chi connectivity index (χ1) is 7.49. The maximum absolute atomic E-state index is 10.5. The number of nitrogens with zero attached hydrogens (tertiary/aromatic N) is 2. The molecule has 6 heteroatoms. The lowest BCUT2D eigenvalue weighted by molar-refractivity contribution is -0.0825. The van der Waals surface area contributed by atoms with Gasteiger partial charge in [-0.1, -0.05) is 13.8 Å². The monoisotopic (exact) mass is 250 g/mol. The second-order valence-electron chi connectivity index (χ2n) is 4.76. The molecule has 1 atom stereocenters. The van der Waals surface area contributed by atoms with Gasteiger partial charge in [0.1, 0.15) is 0 Å². The molecule has 96 valence electrons. The highest BCUT2D eigenvalue weighted by Crippen LogP contribution is 2.16. The number of hydroxylamine groups is 2. The Bertz CT molecular complexity index is 230. The fourth-order valence-corrected chi connectivity index (χ4v) is 2.47. The van der Waals surface area contributed by atoms with Gasteiger partial charge in [-0.2, -0.15) is 13.6 Å². The average Bonchev–Trinajstić information content (AvgIpc) is 2.16. The van der Waals surface area contributed by atoms with Crippen LogP contribution in [0.1, 0.15) is 26.7 Å². The molecule has 0 spiro atoms. The lowest BCUT2D eigenvalue weighted by Gasteiger charge is -2.35. The second kappa shape index (κ2) is 6.66. The van der Waals surface area contributed by atoms with Crippen molar-refractivity contribution in [1.29, 1.82) is 0 Å². The Balaban J connectivity index is 2.28. The van der Waals surface area contributed by atoms with Gasteiger partial charge in [0.05, 0.1) is 0 Å². The fourth-order valence-electron chi connectivity index (χ4n) is 2.14. The van der Waals surface area contributed by atoms with Crippen molar-refractivity contribution in [3.63, 3.8) is 0 Å². The third kappa shape index (κ3) is 4.88. The molecule has 0 saturated carbocycles. The van der Waals surface area contributed by atoms with Crippen LogP contribution in [0.25, 0.3) is 0 Å². The molecule has 5 nitrogen and oxygen atoms in total. The van der Waals surface area contributed by atoms with E-state index < -0.39 is 11.4 Å². The van der Waals surface area contributed by atoms with Crippen molar-refractivity contribution >= 4 is 11.4 Å².